The summed E-state index contributed by atoms with van der Waals surface area (Å²) in [5.74, 6) is -3.74. The topological polar surface area (TPSA) is 69.1 Å². The molecule has 76 valence electrons. The van der Waals surface area contributed by atoms with Crippen molar-refractivity contribution in [1.29, 1.82) is 0 Å². The first kappa shape index (κ1) is 9.11. The van der Waals surface area contributed by atoms with Crippen molar-refractivity contribution in [3.05, 3.63) is 17.5 Å². The molecule has 0 saturated heterocycles. The van der Waals surface area contributed by atoms with Gasteiger partial charge < -0.3 is 10.3 Å². The highest BCUT2D eigenvalue weighted by atomic mass is 19.3. The standard InChI is InChI=1S/C8H8F2N2O2/c9-8(10)1-4(2-8)5-3-14-12-6(5)7(11)13/h3-4H,1-2H2,(H2,11,13). The van der Waals surface area contributed by atoms with Gasteiger partial charge in [-0.15, -0.1) is 0 Å². The first-order valence-electron chi connectivity index (χ1n) is 4.11. The van der Waals surface area contributed by atoms with E-state index in [4.69, 9.17) is 5.73 Å². The molecule has 1 aromatic heterocycles. The van der Waals surface area contributed by atoms with Crippen LogP contribution in [-0.2, 0) is 0 Å². The largest absolute Gasteiger partial charge is 0.364 e. The molecule has 0 unspecified atom stereocenters. The van der Waals surface area contributed by atoms with Crippen molar-refractivity contribution in [3.8, 4) is 0 Å². The Balaban J connectivity index is 2.18. The summed E-state index contributed by atoms with van der Waals surface area (Å²) < 4.78 is 29.6. The normalized spacial score (nSPS) is 20.4. The van der Waals surface area contributed by atoms with Gasteiger partial charge in [-0.2, -0.15) is 0 Å². The highest BCUT2D eigenvalue weighted by molar-refractivity contribution is 5.92. The lowest BCUT2D eigenvalue weighted by atomic mass is 9.77. The zero-order valence-electron chi connectivity index (χ0n) is 7.17. The van der Waals surface area contributed by atoms with E-state index in [1.807, 2.05) is 0 Å². The van der Waals surface area contributed by atoms with E-state index < -0.39 is 11.8 Å². The highest BCUT2D eigenvalue weighted by Gasteiger charge is 2.47. The molecule has 0 spiro atoms. The van der Waals surface area contributed by atoms with Crippen molar-refractivity contribution in [2.24, 2.45) is 5.73 Å². The number of nitrogens with zero attached hydrogens (tertiary/aromatic N) is 1. The number of rotatable bonds is 2. The number of carbonyl (C=O) groups is 1. The maximum atomic E-state index is 12.5. The molecule has 2 N–H and O–H groups in total. The van der Waals surface area contributed by atoms with Gasteiger partial charge in [0.2, 0.25) is 5.92 Å². The molecular formula is C8H8F2N2O2. The van der Waals surface area contributed by atoms with Gasteiger partial charge in [0.1, 0.15) is 6.26 Å². The molecule has 0 aromatic carbocycles. The van der Waals surface area contributed by atoms with Crippen LogP contribution in [0.3, 0.4) is 0 Å². The van der Waals surface area contributed by atoms with Crippen LogP contribution in [-0.4, -0.2) is 17.0 Å². The molecule has 1 heterocycles. The second-order valence-corrected chi connectivity index (χ2v) is 3.44. The molecule has 1 fully saturated rings. The smallest absolute Gasteiger partial charge is 0.271 e. The van der Waals surface area contributed by atoms with Crippen LogP contribution in [0.4, 0.5) is 8.78 Å². The number of amides is 1. The van der Waals surface area contributed by atoms with Gasteiger partial charge in [-0.3, -0.25) is 4.79 Å². The number of nitrogens with two attached hydrogens (primary N) is 1. The summed E-state index contributed by atoms with van der Waals surface area (Å²) in [4.78, 5) is 10.8. The highest BCUT2D eigenvalue weighted by Crippen LogP contribution is 2.48. The van der Waals surface area contributed by atoms with Gasteiger partial charge in [0.05, 0.1) is 0 Å². The van der Waals surface area contributed by atoms with Crippen LogP contribution >= 0.6 is 0 Å². The third kappa shape index (κ3) is 1.36. The monoisotopic (exact) mass is 202 g/mol. The minimum atomic E-state index is -2.63. The molecule has 0 atom stereocenters. The summed E-state index contributed by atoms with van der Waals surface area (Å²) in [6.45, 7) is 0. The lowest BCUT2D eigenvalue weighted by Crippen LogP contribution is -2.34. The van der Waals surface area contributed by atoms with Gasteiger partial charge in [0, 0.05) is 24.3 Å². The van der Waals surface area contributed by atoms with Gasteiger partial charge in [-0.1, -0.05) is 5.16 Å². The van der Waals surface area contributed by atoms with Gasteiger partial charge in [0.25, 0.3) is 5.91 Å². The van der Waals surface area contributed by atoms with Gasteiger partial charge in [0.15, 0.2) is 5.69 Å². The van der Waals surface area contributed by atoms with Gasteiger partial charge in [-0.05, 0) is 0 Å². The molecule has 0 bridgehead atoms. The summed E-state index contributed by atoms with van der Waals surface area (Å²) in [6.07, 6.45) is 0.670. The first-order valence-corrected chi connectivity index (χ1v) is 4.11. The molecule has 2 rings (SSSR count). The minimum Gasteiger partial charge on any atom is -0.364 e. The van der Waals surface area contributed by atoms with Crippen LogP contribution in [0.2, 0.25) is 0 Å². The van der Waals surface area contributed by atoms with E-state index in [0.717, 1.165) is 0 Å². The van der Waals surface area contributed by atoms with E-state index >= 15 is 0 Å². The number of hydrogen-bond acceptors (Lipinski definition) is 3. The number of aromatic nitrogens is 1. The first-order chi connectivity index (χ1) is 6.49. The van der Waals surface area contributed by atoms with Gasteiger partial charge in [-0.25, -0.2) is 8.78 Å². The molecule has 14 heavy (non-hydrogen) atoms. The summed E-state index contributed by atoms with van der Waals surface area (Å²) in [6, 6.07) is 0. The minimum absolute atomic E-state index is 0.0366. The quantitative estimate of drug-likeness (QED) is 0.785. The maximum Gasteiger partial charge on any atom is 0.271 e. The Morgan fingerprint density at radius 3 is 2.79 bits per heavy atom. The Morgan fingerprint density at radius 1 is 1.64 bits per heavy atom. The number of alkyl halides is 2. The zero-order chi connectivity index (χ0) is 10.3. The van der Waals surface area contributed by atoms with Crippen LogP contribution in [0.5, 0.6) is 0 Å². The van der Waals surface area contributed by atoms with Crippen LogP contribution < -0.4 is 5.73 Å². The van der Waals surface area contributed by atoms with E-state index in [9.17, 15) is 13.6 Å². The van der Waals surface area contributed by atoms with Crippen LogP contribution in [0.25, 0.3) is 0 Å². The third-order valence-corrected chi connectivity index (χ3v) is 2.36. The summed E-state index contributed by atoms with van der Waals surface area (Å²) in [5.41, 5.74) is 5.35. The van der Waals surface area contributed by atoms with E-state index in [1.165, 1.54) is 6.26 Å². The predicted molar refractivity (Wildman–Crippen MR) is 41.9 cm³/mol. The van der Waals surface area contributed by atoms with Crippen LogP contribution in [0.1, 0.15) is 34.8 Å². The Hall–Kier alpha value is -1.46. The Kier molecular flexibility index (Phi) is 1.80. The second-order valence-electron chi connectivity index (χ2n) is 3.44. The zero-order valence-corrected chi connectivity index (χ0v) is 7.17. The summed E-state index contributed by atoms with van der Waals surface area (Å²) in [5, 5.41) is 3.37. The molecule has 1 saturated carbocycles. The Labute approximate surface area is 78.0 Å². The summed E-state index contributed by atoms with van der Waals surface area (Å²) >= 11 is 0. The lowest BCUT2D eigenvalue weighted by Gasteiger charge is -2.34. The number of halogens is 2. The van der Waals surface area contributed by atoms with Crippen molar-refractivity contribution in [1.82, 2.24) is 5.16 Å². The fourth-order valence-electron chi connectivity index (χ4n) is 1.60. The van der Waals surface area contributed by atoms with Crippen molar-refractivity contribution >= 4 is 5.91 Å². The molecule has 1 aliphatic carbocycles. The molecule has 1 aliphatic rings. The number of carbonyl (C=O) groups excluding carboxylic acids is 1. The fourth-order valence-corrected chi connectivity index (χ4v) is 1.60. The SMILES string of the molecule is NC(=O)c1nocc1C1CC(F)(F)C1. The van der Waals surface area contributed by atoms with E-state index in [1.54, 1.807) is 0 Å². The fraction of sp³-hybridized carbons (Fsp3) is 0.500. The maximum absolute atomic E-state index is 12.5. The van der Waals surface area contributed by atoms with E-state index in [2.05, 4.69) is 9.68 Å². The van der Waals surface area contributed by atoms with Crippen molar-refractivity contribution in [2.75, 3.05) is 0 Å². The predicted octanol–water partition coefficient (Wildman–Crippen LogP) is 1.29. The average Bonchev–Trinajstić information content (AvgIpc) is 2.46. The van der Waals surface area contributed by atoms with Crippen LogP contribution in [0, 0.1) is 0 Å². The molecule has 0 radical (unpaired) electrons. The average molecular weight is 202 g/mol. The second kappa shape index (κ2) is 2.76. The summed E-state index contributed by atoms with van der Waals surface area (Å²) in [7, 11) is 0. The molecular weight excluding hydrogens is 194 g/mol. The molecule has 0 aliphatic heterocycles. The number of primary amides is 1. The van der Waals surface area contributed by atoms with Crippen molar-refractivity contribution in [2.45, 2.75) is 24.7 Å². The Bertz CT molecular complexity index is 367. The van der Waals surface area contributed by atoms with Gasteiger partial charge >= 0.3 is 0 Å². The lowest BCUT2D eigenvalue weighted by molar-refractivity contribution is -0.0869. The van der Waals surface area contributed by atoms with E-state index in [0.29, 0.717) is 5.56 Å². The van der Waals surface area contributed by atoms with Crippen LogP contribution in [0.15, 0.2) is 10.8 Å². The molecule has 1 aromatic rings. The number of hydrogen-bond donors (Lipinski definition) is 1. The van der Waals surface area contributed by atoms with Crippen molar-refractivity contribution < 1.29 is 18.1 Å². The third-order valence-electron chi connectivity index (χ3n) is 2.36. The molecule has 6 heteroatoms. The molecule has 4 nitrogen and oxygen atoms in total. The van der Waals surface area contributed by atoms with E-state index in [-0.39, 0.29) is 24.5 Å². The Morgan fingerprint density at radius 2 is 2.29 bits per heavy atom. The molecule has 1 amide bonds. The van der Waals surface area contributed by atoms with Crippen molar-refractivity contribution in [3.63, 3.8) is 0 Å².